The quantitative estimate of drug-likeness (QED) is 0.544. The average molecular weight is 426 g/mol. The third-order valence-corrected chi connectivity index (χ3v) is 5.64. The molecule has 8 heteroatoms. The van der Waals surface area contributed by atoms with Gasteiger partial charge >= 0.3 is 0 Å². The lowest BCUT2D eigenvalue weighted by molar-refractivity contribution is 0.0935. The highest BCUT2D eigenvalue weighted by molar-refractivity contribution is 7.89. The minimum atomic E-state index is -3.72. The smallest absolute Gasteiger partial charge is 0.251 e. The number of nitrogens with one attached hydrogen (secondary N) is 2. The number of carbonyl (C=O) groups is 1. The summed E-state index contributed by atoms with van der Waals surface area (Å²) in [5.74, 6) is -0.318. The molecule has 0 saturated heterocycles. The van der Waals surface area contributed by atoms with E-state index in [-0.39, 0.29) is 35.8 Å². The summed E-state index contributed by atoms with van der Waals surface area (Å²) in [5.41, 5.74) is 6.87. The molecule has 0 aliphatic heterocycles. The van der Waals surface area contributed by atoms with E-state index in [4.69, 9.17) is 5.73 Å². The molecule has 28 heavy (non-hydrogen) atoms. The van der Waals surface area contributed by atoms with Crippen LogP contribution in [0.5, 0.6) is 0 Å². The van der Waals surface area contributed by atoms with Gasteiger partial charge in [-0.15, -0.1) is 12.4 Å². The summed E-state index contributed by atoms with van der Waals surface area (Å²) in [6.45, 7) is 2.61. The molecule has 0 bridgehead atoms. The van der Waals surface area contributed by atoms with Crippen LogP contribution in [0.3, 0.4) is 0 Å². The van der Waals surface area contributed by atoms with Crippen molar-refractivity contribution in [3.63, 3.8) is 0 Å². The Morgan fingerprint density at radius 1 is 1.11 bits per heavy atom. The molecule has 2 aromatic carbocycles. The van der Waals surface area contributed by atoms with E-state index in [9.17, 15) is 13.2 Å². The number of rotatable bonds is 10. The highest BCUT2D eigenvalue weighted by Crippen LogP contribution is 2.13. The number of hydrogen-bond donors (Lipinski definition) is 3. The Labute approximate surface area is 173 Å². The second kappa shape index (κ2) is 11.8. The average Bonchev–Trinajstić information content (AvgIpc) is 2.70. The van der Waals surface area contributed by atoms with Crippen LogP contribution < -0.4 is 15.8 Å². The van der Waals surface area contributed by atoms with Crippen LogP contribution in [0.15, 0.2) is 59.5 Å². The Morgan fingerprint density at radius 2 is 1.82 bits per heavy atom. The lowest BCUT2D eigenvalue weighted by Gasteiger charge is -2.16. The second-order valence-electron chi connectivity index (χ2n) is 6.39. The van der Waals surface area contributed by atoms with Crippen molar-refractivity contribution in [3.05, 3.63) is 65.7 Å². The highest BCUT2D eigenvalue weighted by atomic mass is 35.5. The van der Waals surface area contributed by atoms with Gasteiger partial charge in [0.05, 0.1) is 4.90 Å². The number of hydrogen-bond acceptors (Lipinski definition) is 4. The molecule has 0 aliphatic carbocycles. The van der Waals surface area contributed by atoms with E-state index in [1.807, 2.05) is 30.3 Å². The molecule has 1 atom stereocenters. The number of benzene rings is 2. The zero-order chi connectivity index (χ0) is 19.7. The predicted octanol–water partition coefficient (Wildman–Crippen LogP) is 2.83. The third kappa shape index (κ3) is 7.24. The van der Waals surface area contributed by atoms with Gasteiger partial charge in [0.15, 0.2) is 0 Å². The summed E-state index contributed by atoms with van der Waals surface area (Å²) in [6, 6.07) is 15.2. The molecule has 2 rings (SSSR count). The first kappa shape index (κ1) is 24.1. The molecular formula is C20H28ClN3O3S. The van der Waals surface area contributed by atoms with E-state index in [1.165, 1.54) is 12.1 Å². The van der Waals surface area contributed by atoms with Gasteiger partial charge in [-0.05, 0) is 30.2 Å². The van der Waals surface area contributed by atoms with Crippen molar-refractivity contribution in [2.24, 2.45) is 5.73 Å². The first-order chi connectivity index (χ1) is 13.0. The summed E-state index contributed by atoms with van der Waals surface area (Å²) in [6.07, 6.45) is 2.79. The van der Waals surface area contributed by atoms with E-state index in [0.29, 0.717) is 12.1 Å². The zero-order valence-electron chi connectivity index (χ0n) is 15.9. The Balaban J connectivity index is 0.00000392. The summed E-state index contributed by atoms with van der Waals surface area (Å²) in [5, 5.41) is 2.88. The van der Waals surface area contributed by atoms with Crippen LogP contribution in [-0.2, 0) is 16.6 Å². The summed E-state index contributed by atoms with van der Waals surface area (Å²) in [4.78, 5) is 12.5. The standard InChI is InChI=1S/C20H27N3O3S.ClH/c1-2-3-11-18(14-21)23-20(24)17-10-7-12-19(13-17)27(25,26)22-15-16-8-5-4-6-9-16;/h4-10,12-13,18,22H,2-3,11,14-15,21H2,1H3,(H,23,24);1H. The fraction of sp³-hybridized carbons (Fsp3) is 0.350. The summed E-state index contributed by atoms with van der Waals surface area (Å²) < 4.78 is 27.6. The van der Waals surface area contributed by atoms with Gasteiger partial charge in [0, 0.05) is 24.7 Å². The normalized spacial score (nSPS) is 12.1. The summed E-state index contributed by atoms with van der Waals surface area (Å²) in [7, 11) is -3.72. The van der Waals surface area contributed by atoms with Gasteiger partial charge in [-0.2, -0.15) is 0 Å². The van der Waals surface area contributed by atoms with Crippen molar-refractivity contribution < 1.29 is 13.2 Å². The molecule has 0 radical (unpaired) electrons. The van der Waals surface area contributed by atoms with Gasteiger partial charge in [0.1, 0.15) is 0 Å². The van der Waals surface area contributed by atoms with Crippen LogP contribution in [-0.4, -0.2) is 26.9 Å². The number of unbranched alkanes of at least 4 members (excludes halogenated alkanes) is 1. The Morgan fingerprint density at radius 3 is 2.46 bits per heavy atom. The van der Waals surface area contributed by atoms with Crippen LogP contribution in [0, 0.1) is 0 Å². The van der Waals surface area contributed by atoms with Gasteiger partial charge in [-0.1, -0.05) is 56.2 Å². The topological polar surface area (TPSA) is 101 Å². The molecule has 0 aromatic heterocycles. The maximum absolute atomic E-state index is 12.5. The van der Waals surface area contributed by atoms with E-state index in [0.717, 1.165) is 24.8 Å². The molecule has 154 valence electrons. The number of halogens is 1. The zero-order valence-corrected chi connectivity index (χ0v) is 17.6. The molecule has 0 spiro atoms. The monoisotopic (exact) mass is 425 g/mol. The van der Waals surface area contributed by atoms with Gasteiger partial charge < -0.3 is 11.1 Å². The van der Waals surface area contributed by atoms with Crippen molar-refractivity contribution >= 4 is 28.3 Å². The van der Waals surface area contributed by atoms with Crippen molar-refractivity contribution in [1.29, 1.82) is 0 Å². The molecule has 0 aliphatic rings. The molecular weight excluding hydrogens is 398 g/mol. The lowest BCUT2D eigenvalue weighted by Crippen LogP contribution is -2.40. The Bertz CT molecular complexity index is 845. The second-order valence-corrected chi connectivity index (χ2v) is 8.15. The van der Waals surface area contributed by atoms with Crippen molar-refractivity contribution in [1.82, 2.24) is 10.0 Å². The molecule has 2 aromatic rings. The van der Waals surface area contributed by atoms with Gasteiger partial charge in [0.25, 0.3) is 5.91 Å². The Hall–Kier alpha value is -1.93. The van der Waals surface area contributed by atoms with Gasteiger partial charge in [0.2, 0.25) is 10.0 Å². The minimum absolute atomic E-state index is 0. The number of nitrogens with two attached hydrogens (primary N) is 1. The van der Waals surface area contributed by atoms with E-state index >= 15 is 0 Å². The van der Waals surface area contributed by atoms with Crippen LogP contribution in [0.1, 0.15) is 42.1 Å². The maximum Gasteiger partial charge on any atom is 0.251 e. The van der Waals surface area contributed by atoms with Crippen LogP contribution >= 0.6 is 12.4 Å². The molecule has 6 nitrogen and oxygen atoms in total. The van der Waals surface area contributed by atoms with Crippen molar-refractivity contribution in [2.75, 3.05) is 6.54 Å². The maximum atomic E-state index is 12.5. The fourth-order valence-electron chi connectivity index (χ4n) is 2.63. The van der Waals surface area contributed by atoms with E-state index in [2.05, 4.69) is 17.0 Å². The van der Waals surface area contributed by atoms with Gasteiger partial charge in [-0.3, -0.25) is 4.79 Å². The molecule has 0 heterocycles. The Kier molecular flexibility index (Phi) is 10.2. The fourth-order valence-corrected chi connectivity index (χ4v) is 3.69. The van der Waals surface area contributed by atoms with Gasteiger partial charge in [-0.25, -0.2) is 13.1 Å². The largest absolute Gasteiger partial charge is 0.348 e. The number of amides is 1. The van der Waals surface area contributed by atoms with E-state index < -0.39 is 10.0 Å². The predicted molar refractivity (Wildman–Crippen MR) is 114 cm³/mol. The molecule has 0 fully saturated rings. The highest BCUT2D eigenvalue weighted by Gasteiger charge is 2.17. The molecule has 4 N–H and O–H groups in total. The molecule has 0 saturated carbocycles. The first-order valence-corrected chi connectivity index (χ1v) is 10.6. The van der Waals surface area contributed by atoms with Crippen LogP contribution in [0.2, 0.25) is 0 Å². The van der Waals surface area contributed by atoms with Crippen molar-refractivity contribution in [3.8, 4) is 0 Å². The molecule has 1 amide bonds. The summed E-state index contributed by atoms with van der Waals surface area (Å²) >= 11 is 0. The van der Waals surface area contributed by atoms with Crippen molar-refractivity contribution in [2.45, 2.75) is 43.7 Å². The van der Waals surface area contributed by atoms with Crippen LogP contribution in [0.25, 0.3) is 0 Å². The lowest BCUT2D eigenvalue weighted by atomic mass is 10.1. The minimum Gasteiger partial charge on any atom is -0.348 e. The first-order valence-electron chi connectivity index (χ1n) is 9.11. The van der Waals surface area contributed by atoms with E-state index in [1.54, 1.807) is 12.1 Å². The SMILES string of the molecule is CCCCC(CN)NC(=O)c1cccc(S(=O)(=O)NCc2ccccc2)c1.Cl. The number of carbonyl (C=O) groups excluding carboxylic acids is 1. The third-order valence-electron chi connectivity index (χ3n) is 4.24. The number of sulfonamides is 1. The van der Waals surface area contributed by atoms with Crippen LogP contribution in [0.4, 0.5) is 0 Å². The molecule has 1 unspecified atom stereocenters.